The summed E-state index contributed by atoms with van der Waals surface area (Å²) in [5.74, 6) is -0.372. The van der Waals surface area contributed by atoms with E-state index in [2.05, 4.69) is 5.10 Å². The molecular formula is C13H15N3O2S. The normalized spacial score (nSPS) is 10.5. The smallest absolute Gasteiger partial charge is 0.337 e. The fraction of sp³-hybridized carbons (Fsp3) is 0.231. The molecule has 0 aliphatic rings. The molecule has 19 heavy (non-hydrogen) atoms. The number of benzene rings is 1. The molecule has 0 atom stereocenters. The highest BCUT2D eigenvalue weighted by atomic mass is 32.2. The number of rotatable bonds is 3. The van der Waals surface area contributed by atoms with Crippen LogP contribution in [0.2, 0.25) is 0 Å². The van der Waals surface area contributed by atoms with Gasteiger partial charge in [-0.1, -0.05) is 11.8 Å². The first-order valence-corrected chi connectivity index (χ1v) is 6.49. The van der Waals surface area contributed by atoms with Crippen LogP contribution in [0.15, 0.2) is 34.2 Å². The van der Waals surface area contributed by atoms with Crippen molar-refractivity contribution in [2.45, 2.75) is 16.8 Å². The molecule has 0 spiro atoms. The third-order valence-corrected chi connectivity index (χ3v) is 3.77. The number of nitrogens with zero attached hydrogens (tertiary/aromatic N) is 2. The van der Waals surface area contributed by atoms with Crippen LogP contribution >= 0.6 is 11.8 Å². The molecule has 0 fully saturated rings. The van der Waals surface area contributed by atoms with E-state index in [0.717, 1.165) is 15.6 Å². The number of hydrogen-bond acceptors (Lipinski definition) is 5. The Balaban J connectivity index is 2.34. The number of ether oxygens (including phenoxy) is 1. The van der Waals surface area contributed by atoms with Crippen molar-refractivity contribution < 1.29 is 9.53 Å². The Labute approximate surface area is 115 Å². The Morgan fingerprint density at radius 1 is 1.42 bits per heavy atom. The molecule has 5 nitrogen and oxygen atoms in total. The van der Waals surface area contributed by atoms with Crippen molar-refractivity contribution in [2.75, 3.05) is 12.8 Å². The molecule has 0 aliphatic carbocycles. The van der Waals surface area contributed by atoms with Crippen molar-refractivity contribution >= 4 is 23.4 Å². The highest BCUT2D eigenvalue weighted by molar-refractivity contribution is 7.99. The Kier molecular flexibility index (Phi) is 3.80. The molecule has 0 aliphatic heterocycles. The van der Waals surface area contributed by atoms with Gasteiger partial charge in [0.15, 0.2) is 0 Å². The zero-order chi connectivity index (χ0) is 14.0. The van der Waals surface area contributed by atoms with Gasteiger partial charge >= 0.3 is 5.97 Å². The van der Waals surface area contributed by atoms with Gasteiger partial charge in [-0.05, 0) is 31.2 Å². The minimum absolute atomic E-state index is 0.372. The lowest BCUT2D eigenvalue weighted by Gasteiger charge is -2.07. The Morgan fingerprint density at radius 3 is 2.74 bits per heavy atom. The average molecular weight is 277 g/mol. The van der Waals surface area contributed by atoms with Crippen molar-refractivity contribution in [1.29, 1.82) is 0 Å². The molecule has 100 valence electrons. The zero-order valence-corrected chi connectivity index (χ0v) is 11.8. The number of aromatic nitrogens is 2. The lowest BCUT2D eigenvalue weighted by Crippen LogP contribution is -2.02. The topological polar surface area (TPSA) is 70.1 Å². The number of methoxy groups -OCH3 is 1. The molecule has 0 saturated carbocycles. The van der Waals surface area contributed by atoms with E-state index in [1.54, 1.807) is 22.9 Å². The molecule has 1 aromatic heterocycles. The molecule has 0 bridgehead atoms. The van der Waals surface area contributed by atoms with Gasteiger partial charge in [0.05, 0.1) is 23.4 Å². The van der Waals surface area contributed by atoms with E-state index >= 15 is 0 Å². The number of carbonyl (C=O) groups excluding carboxylic acids is 1. The first kappa shape index (κ1) is 13.5. The molecule has 2 rings (SSSR count). The standard InChI is InChI=1S/C13H15N3O2S/c1-8-6-12(16(2)15-8)19-11-7-9(13(17)18-3)4-5-10(11)14/h4-7H,14H2,1-3H3. The van der Waals surface area contributed by atoms with Gasteiger partial charge in [0.2, 0.25) is 0 Å². The van der Waals surface area contributed by atoms with Crippen LogP contribution in [0.5, 0.6) is 0 Å². The van der Waals surface area contributed by atoms with Crippen molar-refractivity contribution in [1.82, 2.24) is 9.78 Å². The van der Waals surface area contributed by atoms with Crippen molar-refractivity contribution in [2.24, 2.45) is 7.05 Å². The van der Waals surface area contributed by atoms with Crippen molar-refractivity contribution in [3.05, 3.63) is 35.5 Å². The van der Waals surface area contributed by atoms with Crippen LogP contribution in [0.25, 0.3) is 0 Å². The maximum Gasteiger partial charge on any atom is 0.337 e. The molecule has 0 radical (unpaired) electrons. The van der Waals surface area contributed by atoms with Gasteiger partial charge < -0.3 is 10.5 Å². The fourth-order valence-corrected chi connectivity index (χ4v) is 2.66. The summed E-state index contributed by atoms with van der Waals surface area (Å²) in [6, 6.07) is 7.06. The zero-order valence-electron chi connectivity index (χ0n) is 11.0. The molecule has 0 unspecified atom stereocenters. The Bertz CT molecular complexity index is 622. The van der Waals surface area contributed by atoms with Gasteiger partial charge in [-0.2, -0.15) is 5.10 Å². The summed E-state index contributed by atoms with van der Waals surface area (Å²) in [5, 5.41) is 5.24. The average Bonchev–Trinajstić information content (AvgIpc) is 2.69. The van der Waals surface area contributed by atoms with Crippen molar-refractivity contribution in [3.63, 3.8) is 0 Å². The van der Waals surface area contributed by atoms with Crippen LogP contribution in [-0.4, -0.2) is 22.9 Å². The SMILES string of the molecule is COC(=O)c1ccc(N)c(Sc2cc(C)nn2C)c1. The van der Waals surface area contributed by atoms with E-state index in [9.17, 15) is 4.79 Å². The third-order valence-electron chi connectivity index (χ3n) is 2.61. The van der Waals surface area contributed by atoms with Crippen LogP contribution in [0.4, 0.5) is 5.69 Å². The van der Waals surface area contributed by atoms with E-state index in [4.69, 9.17) is 10.5 Å². The maximum absolute atomic E-state index is 11.5. The fourth-order valence-electron chi connectivity index (χ4n) is 1.66. The van der Waals surface area contributed by atoms with Gasteiger partial charge in [0, 0.05) is 17.6 Å². The van der Waals surface area contributed by atoms with Gasteiger partial charge in [0.25, 0.3) is 0 Å². The summed E-state index contributed by atoms with van der Waals surface area (Å²) >= 11 is 1.47. The minimum Gasteiger partial charge on any atom is -0.465 e. The first-order chi connectivity index (χ1) is 9.01. The van der Waals surface area contributed by atoms with Crippen molar-refractivity contribution in [3.8, 4) is 0 Å². The maximum atomic E-state index is 11.5. The highest BCUT2D eigenvalue weighted by Gasteiger charge is 2.11. The molecule has 2 aromatic rings. The largest absolute Gasteiger partial charge is 0.465 e. The summed E-state index contributed by atoms with van der Waals surface area (Å²) in [6.45, 7) is 1.93. The molecule has 0 amide bonds. The van der Waals surface area contributed by atoms with Gasteiger partial charge in [-0.25, -0.2) is 4.79 Å². The summed E-state index contributed by atoms with van der Waals surface area (Å²) < 4.78 is 6.48. The quantitative estimate of drug-likeness (QED) is 0.688. The number of nitrogens with two attached hydrogens (primary N) is 1. The Morgan fingerprint density at radius 2 is 2.16 bits per heavy atom. The summed E-state index contributed by atoms with van der Waals surface area (Å²) in [4.78, 5) is 12.3. The number of esters is 1. The highest BCUT2D eigenvalue weighted by Crippen LogP contribution is 2.32. The van der Waals surface area contributed by atoms with Crippen LogP contribution in [0, 0.1) is 6.92 Å². The second-order valence-corrected chi connectivity index (χ2v) is 5.16. The number of nitrogen functional groups attached to an aromatic ring is 1. The summed E-state index contributed by atoms with van der Waals surface area (Å²) in [7, 11) is 3.23. The number of anilines is 1. The molecule has 6 heteroatoms. The lowest BCUT2D eigenvalue weighted by atomic mass is 10.2. The number of hydrogen-bond donors (Lipinski definition) is 1. The van der Waals surface area contributed by atoms with E-state index < -0.39 is 0 Å². The second-order valence-electron chi connectivity index (χ2n) is 4.09. The van der Waals surface area contributed by atoms with Crippen LogP contribution in [-0.2, 0) is 11.8 Å². The van der Waals surface area contributed by atoms with Gasteiger partial charge in [-0.3, -0.25) is 4.68 Å². The summed E-state index contributed by atoms with van der Waals surface area (Å²) in [6.07, 6.45) is 0. The van der Waals surface area contributed by atoms with E-state index in [1.165, 1.54) is 18.9 Å². The monoisotopic (exact) mass is 277 g/mol. The predicted octanol–water partition coefficient (Wildman–Crippen LogP) is 2.25. The predicted molar refractivity (Wildman–Crippen MR) is 74.3 cm³/mol. The van der Waals surface area contributed by atoms with E-state index in [1.807, 2.05) is 20.0 Å². The summed E-state index contributed by atoms with van der Waals surface area (Å²) in [5.41, 5.74) is 7.98. The molecule has 2 N–H and O–H groups in total. The molecule has 0 saturated heterocycles. The second kappa shape index (κ2) is 5.36. The van der Waals surface area contributed by atoms with Crippen LogP contribution in [0.3, 0.4) is 0 Å². The molecular weight excluding hydrogens is 262 g/mol. The number of aryl methyl sites for hydroxylation is 2. The molecule has 1 aromatic carbocycles. The molecule has 1 heterocycles. The third kappa shape index (κ3) is 2.90. The van der Waals surface area contributed by atoms with Crippen LogP contribution < -0.4 is 5.73 Å². The van der Waals surface area contributed by atoms with Gasteiger partial charge in [0.1, 0.15) is 0 Å². The van der Waals surface area contributed by atoms with E-state index in [-0.39, 0.29) is 5.97 Å². The minimum atomic E-state index is -0.372. The Hall–Kier alpha value is -1.95. The van der Waals surface area contributed by atoms with E-state index in [0.29, 0.717) is 11.3 Å². The number of carbonyl (C=O) groups is 1. The van der Waals surface area contributed by atoms with Gasteiger partial charge in [-0.15, -0.1) is 0 Å². The van der Waals surface area contributed by atoms with Crippen LogP contribution in [0.1, 0.15) is 16.1 Å². The lowest BCUT2D eigenvalue weighted by molar-refractivity contribution is 0.0600. The first-order valence-electron chi connectivity index (χ1n) is 5.67.